The quantitative estimate of drug-likeness (QED) is 0.762. The molecule has 0 bridgehead atoms. The Labute approximate surface area is 147 Å². The van der Waals surface area contributed by atoms with Gasteiger partial charge in [-0.05, 0) is 18.9 Å². The summed E-state index contributed by atoms with van der Waals surface area (Å²) < 4.78 is 16.0. The monoisotopic (exact) mass is 350 g/mol. The molecule has 1 aromatic heterocycles. The van der Waals surface area contributed by atoms with Gasteiger partial charge < -0.3 is 24.4 Å². The summed E-state index contributed by atoms with van der Waals surface area (Å²) in [6.07, 6.45) is 3.27. The van der Waals surface area contributed by atoms with Crippen molar-refractivity contribution in [2.24, 2.45) is 5.92 Å². The molecule has 2 aliphatic rings. The van der Waals surface area contributed by atoms with Crippen LogP contribution in [0.1, 0.15) is 24.7 Å². The van der Waals surface area contributed by atoms with Crippen molar-refractivity contribution < 1.29 is 19.0 Å². The molecule has 3 heterocycles. The van der Waals surface area contributed by atoms with E-state index in [9.17, 15) is 4.79 Å². The smallest absolute Gasteiger partial charge is 0.226 e. The Morgan fingerprint density at radius 2 is 2.20 bits per heavy atom. The van der Waals surface area contributed by atoms with Gasteiger partial charge in [-0.25, -0.2) is 9.97 Å². The molecule has 0 unspecified atom stereocenters. The summed E-state index contributed by atoms with van der Waals surface area (Å²) in [6.45, 7) is 4.12. The summed E-state index contributed by atoms with van der Waals surface area (Å²) in [7, 11) is 1.66. The standard InChI is InChI=1S/C17H26N4O4/c1-23-10-6-18-15-2-5-19-16(20-15)14-12-25-11-7-21(14)17(22)13-3-8-24-9-4-13/h2,5,13-14H,3-4,6-12H2,1H3,(H,18,19,20)/t14-/m1/s1. The summed E-state index contributed by atoms with van der Waals surface area (Å²) in [6, 6.07) is 1.57. The van der Waals surface area contributed by atoms with Crippen LogP contribution < -0.4 is 5.32 Å². The Bertz CT molecular complexity index is 565. The number of hydrogen-bond donors (Lipinski definition) is 1. The summed E-state index contributed by atoms with van der Waals surface area (Å²) in [5, 5.41) is 3.20. The second-order valence-corrected chi connectivity index (χ2v) is 6.23. The fraction of sp³-hybridized carbons (Fsp3) is 0.706. The van der Waals surface area contributed by atoms with Crippen LogP contribution in [-0.4, -0.2) is 74.0 Å². The van der Waals surface area contributed by atoms with Crippen molar-refractivity contribution in [3.63, 3.8) is 0 Å². The minimum Gasteiger partial charge on any atom is -0.383 e. The van der Waals surface area contributed by atoms with Crippen LogP contribution in [0, 0.1) is 5.92 Å². The van der Waals surface area contributed by atoms with E-state index in [1.54, 1.807) is 13.3 Å². The van der Waals surface area contributed by atoms with Crippen LogP contribution in [0.25, 0.3) is 0 Å². The summed E-state index contributed by atoms with van der Waals surface area (Å²) in [5.41, 5.74) is 0. The van der Waals surface area contributed by atoms with Gasteiger partial charge in [0.25, 0.3) is 0 Å². The first-order chi connectivity index (χ1) is 12.3. The molecule has 1 amide bonds. The fourth-order valence-electron chi connectivity index (χ4n) is 3.17. The van der Waals surface area contributed by atoms with Gasteiger partial charge in [0.15, 0.2) is 5.82 Å². The van der Waals surface area contributed by atoms with Crippen molar-refractivity contribution in [3.05, 3.63) is 18.1 Å². The van der Waals surface area contributed by atoms with Crippen molar-refractivity contribution in [1.29, 1.82) is 0 Å². The zero-order chi connectivity index (χ0) is 17.5. The Morgan fingerprint density at radius 1 is 1.36 bits per heavy atom. The van der Waals surface area contributed by atoms with Crippen molar-refractivity contribution in [2.45, 2.75) is 18.9 Å². The number of amides is 1. The second kappa shape index (κ2) is 9.07. The van der Waals surface area contributed by atoms with E-state index in [1.807, 2.05) is 11.0 Å². The second-order valence-electron chi connectivity index (χ2n) is 6.23. The molecule has 8 heteroatoms. The van der Waals surface area contributed by atoms with Crippen molar-refractivity contribution in [1.82, 2.24) is 14.9 Å². The number of hydrogen-bond acceptors (Lipinski definition) is 7. The highest BCUT2D eigenvalue weighted by molar-refractivity contribution is 5.79. The molecule has 25 heavy (non-hydrogen) atoms. The highest BCUT2D eigenvalue weighted by atomic mass is 16.5. The number of ether oxygens (including phenoxy) is 3. The maximum absolute atomic E-state index is 13.0. The first kappa shape index (κ1) is 18.0. The van der Waals surface area contributed by atoms with Crippen molar-refractivity contribution >= 4 is 11.7 Å². The molecular weight excluding hydrogens is 324 g/mol. The minimum absolute atomic E-state index is 0.0253. The normalized spacial score (nSPS) is 22.0. The van der Waals surface area contributed by atoms with Crippen LogP contribution in [0.3, 0.4) is 0 Å². The van der Waals surface area contributed by atoms with E-state index >= 15 is 0 Å². The topological polar surface area (TPSA) is 85.8 Å². The molecule has 138 valence electrons. The number of nitrogens with one attached hydrogen (secondary N) is 1. The van der Waals surface area contributed by atoms with Crippen LogP contribution in [0.2, 0.25) is 0 Å². The minimum atomic E-state index is -0.242. The number of nitrogens with zero attached hydrogens (tertiary/aromatic N) is 3. The van der Waals surface area contributed by atoms with Crippen LogP contribution >= 0.6 is 0 Å². The van der Waals surface area contributed by atoms with Gasteiger partial charge in [0.1, 0.15) is 11.9 Å². The first-order valence-electron chi connectivity index (χ1n) is 8.81. The van der Waals surface area contributed by atoms with E-state index < -0.39 is 0 Å². The largest absolute Gasteiger partial charge is 0.383 e. The lowest BCUT2D eigenvalue weighted by atomic mass is 9.97. The first-order valence-corrected chi connectivity index (χ1v) is 8.81. The lowest BCUT2D eigenvalue weighted by molar-refractivity contribution is -0.148. The van der Waals surface area contributed by atoms with E-state index in [4.69, 9.17) is 14.2 Å². The molecule has 2 saturated heterocycles. The van der Waals surface area contributed by atoms with Crippen LogP contribution in [0.15, 0.2) is 12.3 Å². The molecule has 0 aromatic carbocycles. The molecule has 0 saturated carbocycles. The maximum atomic E-state index is 13.0. The number of morpholine rings is 1. The van der Waals surface area contributed by atoms with E-state index in [2.05, 4.69) is 15.3 Å². The summed E-state index contributed by atoms with van der Waals surface area (Å²) in [4.78, 5) is 23.8. The molecule has 1 N–H and O–H groups in total. The van der Waals surface area contributed by atoms with Crippen molar-refractivity contribution in [2.75, 3.05) is 58.6 Å². The molecule has 1 atom stereocenters. The maximum Gasteiger partial charge on any atom is 0.226 e. The number of carbonyl (C=O) groups is 1. The number of rotatable bonds is 6. The molecule has 3 rings (SSSR count). The summed E-state index contributed by atoms with van der Waals surface area (Å²) in [5.74, 6) is 1.53. The number of carbonyl (C=O) groups excluding carboxylic acids is 1. The molecule has 8 nitrogen and oxygen atoms in total. The van der Waals surface area contributed by atoms with Gasteiger partial charge in [-0.2, -0.15) is 0 Å². The van der Waals surface area contributed by atoms with Crippen LogP contribution in [-0.2, 0) is 19.0 Å². The fourth-order valence-corrected chi connectivity index (χ4v) is 3.17. The third-order valence-electron chi connectivity index (χ3n) is 4.57. The Hall–Kier alpha value is -1.77. The lowest BCUT2D eigenvalue weighted by Gasteiger charge is -2.37. The third kappa shape index (κ3) is 4.65. The molecule has 1 aromatic rings. The Balaban J connectivity index is 1.71. The third-order valence-corrected chi connectivity index (χ3v) is 4.57. The molecule has 0 spiro atoms. The predicted octanol–water partition coefficient (Wildman–Crippen LogP) is 0.861. The Morgan fingerprint density at radius 3 is 3.00 bits per heavy atom. The Kier molecular flexibility index (Phi) is 6.55. The molecule has 2 aliphatic heterocycles. The average molecular weight is 350 g/mol. The average Bonchev–Trinajstić information content (AvgIpc) is 2.68. The molecular formula is C17H26N4O4. The van der Waals surface area contributed by atoms with E-state index in [-0.39, 0.29) is 17.9 Å². The zero-order valence-electron chi connectivity index (χ0n) is 14.6. The van der Waals surface area contributed by atoms with Gasteiger partial charge in [-0.3, -0.25) is 4.79 Å². The van der Waals surface area contributed by atoms with Gasteiger partial charge >= 0.3 is 0 Å². The zero-order valence-corrected chi connectivity index (χ0v) is 14.6. The highest BCUT2D eigenvalue weighted by Crippen LogP contribution is 2.27. The van der Waals surface area contributed by atoms with Crippen molar-refractivity contribution in [3.8, 4) is 0 Å². The van der Waals surface area contributed by atoms with Gasteiger partial charge in [-0.1, -0.05) is 0 Å². The molecule has 0 radical (unpaired) electrons. The number of methoxy groups -OCH3 is 1. The summed E-state index contributed by atoms with van der Waals surface area (Å²) >= 11 is 0. The number of anilines is 1. The van der Waals surface area contributed by atoms with Gasteiger partial charge in [0.2, 0.25) is 5.91 Å². The SMILES string of the molecule is COCCNc1ccnc([C@H]2COCCN2C(=O)C2CCOCC2)n1. The van der Waals surface area contributed by atoms with E-state index in [0.717, 1.165) is 18.7 Å². The molecule has 2 fully saturated rings. The predicted molar refractivity (Wildman–Crippen MR) is 91.2 cm³/mol. The lowest BCUT2D eigenvalue weighted by Crippen LogP contribution is -2.47. The molecule has 0 aliphatic carbocycles. The van der Waals surface area contributed by atoms with Gasteiger partial charge in [0.05, 0.1) is 19.8 Å². The number of aromatic nitrogens is 2. The van der Waals surface area contributed by atoms with Crippen LogP contribution in [0.5, 0.6) is 0 Å². The van der Waals surface area contributed by atoms with Gasteiger partial charge in [0, 0.05) is 45.5 Å². The van der Waals surface area contributed by atoms with Crippen LogP contribution in [0.4, 0.5) is 5.82 Å². The van der Waals surface area contributed by atoms with E-state index in [0.29, 0.717) is 51.9 Å². The highest BCUT2D eigenvalue weighted by Gasteiger charge is 2.35. The van der Waals surface area contributed by atoms with Gasteiger partial charge in [-0.15, -0.1) is 0 Å². The van der Waals surface area contributed by atoms with E-state index in [1.165, 1.54) is 0 Å².